The van der Waals surface area contributed by atoms with Crippen molar-refractivity contribution in [3.05, 3.63) is 49.0 Å². The van der Waals surface area contributed by atoms with Gasteiger partial charge in [-0.05, 0) is 19.9 Å². The molecule has 60 valence electrons. The Hall–Kier alpha value is -1.24. The van der Waals surface area contributed by atoms with E-state index in [0.717, 1.165) is 5.57 Å². The molecule has 0 spiro atoms. The lowest BCUT2D eigenvalue weighted by Crippen LogP contribution is -1.76. The van der Waals surface area contributed by atoms with Crippen LogP contribution in [0.3, 0.4) is 0 Å². The van der Waals surface area contributed by atoms with E-state index in [0.29, 0.717) is 5.76 Å². The second-order valence-electron chi connectivity index (χ2n) is 2.23. The third kappa shape index (κ3) is 6.65. The van der Waals surface area contributed by atoms with Crippen LogP contribution in [0.25, 0.3) is 0 Å². The second kappa shape index (κ2) is 5.54. The van der Waals surface area contributed by atoms with E-state index in [1.165, 1.54) is 0 Å². The van der Waals surface area contributed by atoms with Gasteiger partial charge in [0.15, 0.2) is 0 Å². The molecule has 0 aromatic carbocycles. The molecule has 0 saturated heterocycles. The Morgan fingerprint density at radius 2 is 1.91 bits per heavy atom. The first-order valence-electron chi connectivity index (χ1n) is 3.47. The third-order valence-corrected chi connectivity index (χ3v) is 0.909. The summed E-state index contributed by atoms with van der Waals surface area (Å²) in [5.41, 5.74) is 0.982. The lowest BCUT2D eigenvalue weighted by molar-refractivity contribution is 0.370. The molecule has 11 heavy (non-hydrogen) atoms. The van der Waals surface area contributed by atoms with E-state index < -0.39 is 0 Å². The van der Waals surface area contributed by atoms with Crippen LogP contribution in [-0.2, 0) is 4.74 Å². The first-order valence-corrected chi connectivity index (χ1v) is 3.47. The van der Waals surface area contributed by atoms with Crippen LogP contribution in [0, 0.1) is 0 Å². The van der Waals surface area contributed by atoms with E-state index in [1.807, 2.05) is 19.9 Å². The summed E-state index contributed by atoms with van der Waals surface area (Å²) in [4.78, 5) is 0. The average Bonchev–Trinajstić information content (AvgIpc) is 1.97. The zero-order chi connectivity index (χ0) is 8.69. The van der Waals surface area contributed by atoms with Crippen LogP contribution in [0.4, 0.5) is 0 Å². The van der Waals surface area contributed by atoms with Gasteiger partial charge in [-0.15, -0.1) is 0 Å². The Morgan fingerprint density at radius 3 is 2.36 bits per heavy atom. The Bertz CT molecular complexity index is 197. The van der Waals surface area contributed by atoms with E-state index in [-0.39, 0.29) is 0 Å². The van der Waals surface area contributed by atoms with E-state index in [1.54, 1.807) is 18.4 Å². The summed E-state index contributed by atoms with van der Waals surface area (Å²) in [5, 5.41) is 0. The minimum Gasteiger partial charge on any atom is -0.466 e. The van der Waals surface area contributed by atoms with Crippen LogP contribution in [-0.4, -0.2) is 0 Å². The summed E-state index contributed by atoms with van der Waals surface area (Å²) < 4.78 is 5.04. The monoisotopic (exact) mass is 150 g/mol. The minimum absolute atomic E-state index is 0.617. The molecule has 0 radical (unpaired) electrons. The van der Waals surface area contributed by atoms with Gasteiger partial charge in [0.05, 0.1) is 6.26 Å². The zero-order valence-electron chi connectivity index (χ0n) is 7.13. The summed E-state index contributed by atoms with van der Waals surface area (Å²) in [5.74, 6) is 0.617. The van der Waals surface area contributed by atoms with Gasteiger partial charge in [0.1, 0.15) is 5.76 Å². The summed E-state index contributed by atoms with van der Waals surface area (Å²) in [6, 6.07) is 0. The molecule has 0 amide bonds. The summed E-state index contributed by atoms with van der Waals surface area (Å²) >= 11 is 0. The van der Waals surface area contributed by atoms with Gasteiger partial charge in [-0.2, -0.15) is 0 Å². The average molecular weight is 150 g/mol. The number of hydrogen-bond acceptors (Lipinski definition) is 1. The van der Waals surface area contributed by atoms with Crippen molar-refractivity contribution in [2.45, 2.75) is 13.8 Å². The molecule has 0 aliphatic rings. The fourth-order valence-corrected chi connectivity index (χ4v) is 0.430. The van der Waals surface area contributed by atoms with Gasteiger partial charge in [-0.3, -0.25) is 0 Å². The van der Waals surface area contributed by atoms with Gasteiger partial charge >= 0.3 is 0 Å². The van der Waals surface area contributed by atoms with Gasteiger partial charge < -0.3 is 4.74 Å². The molecule has 1 nitrogen and oxygen atoms in total. The smallest absolute Gasteiger partial charge is 0.119 e. The van der Waals surface area contributed by atoms with Crippen LogP contribution in [0.15, 0.2) is 49.0 Å². The predicted octanol–water partition coefficient (Wildman–Crippen LogP) is 3.18. The van der Waals surface area contributed by atoms with Crippen molar-refractivity contribution in [2.24, 2.45) is 0 Å². The molecule has 0 aliphatic carbocycles. The predicted molar refractivity (Wildman–Crippen MR) is 49.0 cm³/mol. The van der Waals surface area contributed by atoms with Crippen molar-refractivity contribution in [3.63, 3.8) is 0 Å². The minimum atomic E-state index is 0.617. The van der Waals surface area contributed by atoms with Crippen molar-refractivity contribution in [1.82, 2.24) is 0 Å². The Balaban J connectivity index is 3.78. The topological polar surface area (TPSA) is 9.23 Å². The maximum Gasteiger partial charge on any atom is 0.119 e. The van der Waals surface area contributed by atoms with Crippen molar-refractivity contribution < 1.29 is 4.74 Å². The van der Waals surface area contributed by atoms with E-state index in [4.69, 9.17) is 4.74 Å². The van der Waals surface area contributed by atoms with E-state index in [9.17, 15) is 0 Å². The second-order valence-corrected chi connectivity index (χ2v) is 2.23. The fourth-order valence-electron chi connectivity index (χ4n) is 0.430. The molecule has 0 aromatic heterocycles. The molecule has 0 atom stereocenters. The summed E-state index contributed by atoms with van der Waals surface area (Å²) in [6.45, 7) is 11.2. The van der Waals surface area contributed by atoms with Crippen LogP contribution >= 0.6 is 0 Å². The highest BCUT2D eigenvalue weighted by atomic mass is 16.5. The quantitative estimate of drug-likeness (QED) is 0.441. The van der Waals surface area contributed by atoms with Crippen molar-refractivity contribution in [1.29, 1.82) is 0 Å². The van der Waals surface area contributed by atoms with Crippen molar-refractivity contribution in [3.8, 4) is 0 Å². The molecule has 0 fully saturated rings. The first kappa shape index (κ1) is 9.76. The zero-order valence-corrected chi connectivity index (χ0v) is 7.13. The van der Waals surface area contributed by atoms with Gasteiger partial charge in [0.2, 0.25) is 0 Å². The molecular formula is C10H14O. The SMILES string of the molecule is C=C(C)/C=C\C(=C)O/C=C/C. The molecule has 0 bridgehead atoms. The fraction of sp³-hybridized carbons (Fsp3) is 0.200. The highest BCUT2D eigenvalue weighted by Gasteiger charge is 1.82. The highest BCUT2D eigenvalue weighted by Crippen LogP contribution is 1.99. The van der Waals surface area contributed by atoms with Gasteiger partial charge in [-0.1, -0.05) is 30.9 Å². The van der Waals surface area contributed by atoms with Crippen LogP contribution < -0.4 is 0 Å². The molecule has 0 aliphatic heterocycles. The summed E-state index contributed by atoms with van der Waals surface area (Å²) in [6.07, 6.45) is 7.03. The first-order chi connectivity index (χ1) is 5.16. The Kier molecular flexibility index (Phi) is 4.91. The van der Waals surface area contributed by atoms with Gasteiger partial charge in [0.25, 0.3) is 0 Å². The molecule has 0 N–H and O–H groups in total. The lowest BCUT2D eigenvalue weighted by Gasteiger charge is -1.96. The summed E-state index contributed by atoms with van der Waals surface area (Å²) in [7, 11) is 0. The lowest BCUT2D eigenvalue weighted by atomic mass is 10.3. The molecule has 0 saturated carbocycles. The number of rotatable bonds is 4. The molecule has 0 unspecified atom stereocenters. The molecular weight excluding hydrogens is 136 g/mol. The Morgan fingerprint density at radius 1 is 1.27 bits per heavy atom. The van der Waals surface area contributed by atoms with Crippen LogP contribution in [0.1, 0.15) is 13.8 Å². The number of allylic oxidation sites excluding steroid dienone is 4. The third-order valence-electron chi connectivity index (χ3n) is 0.909. The van der Waals surface area contributed by atoms with Gasteiger partial charge in [0, 0.05) is 0 Å². The molecule has 0 rings (SSSR count). The van der Waals surface area contributed by atoms with E-state index in [2.05, 4.69) is 13.2 Å². The normalized spacial score (nSPS) is 10.7. The van der Waals surface area contributed by atoms with Crippen molar-refractivity contribution >= 4 is 0 Å². The maximum absolute atomic E-state index is 5.04. The molecule has 0 aromatic rings. The van der Waals surface area contributed by atoms with Gasteiger partial charge in [-0.25, -0.2) is 0 Å². The Labute approximate surface area is 68.4 Å². The van der Waals surface area contributed by atoms with Crippen LogP contribution in [0.5, 0.6) is 0 Å². The standard InChI is InChI=1S/C10H14O/c1-5-8-11-10(4)7-6-9(2)3/h5-8H,2,4H2,1,3H3/b7-6-,8-5+. The highest BCUT2D eigenvalue weighted by molar-refractivity contribution is 5.19. The number of hydrogen-bond donors (Lipinski definition) is 0. The molecule has 0 heterocycles. The van der Waals surface area contributed by atoms with E-state index >= 15 is 0 Å². The van der Waals surface area contributed by atoms with Crippen molar-refractivity contribution in [2.75, 3.05) is 0 Å². The maximum atomic E-state index is 5.04. The largest absolute Gasteiger partial charge is 0.466 e. The van der Waals surface area contributed by atoms with Crippen LogP contribution in [0.2, 0.25) is 0 Å². The molecule has 1 heteroatoms. The number of ether oxygens (including phenoxy) is 1.